The molecule has 0 rings (SSSR count). The monoisotopic (exact) mass is 218 g/mol. The normalized spacial score (nSPS) is 9.67. The third-order valence-corrected chi connectivity index (χ3v) is 0. The Morgan fingerprint density at radius 3 is 1.17 bits per heavy atom. The first kappa shape index (κ1) is 9.83. The van der Waals surface area contributed by atoms with Gasteiger partial charge in [-0.1, -0.05) is 0 Å². The van der Waals surface area contributed by atoms with E-state index in [1.165, 1.54) is 0 Å². The van der Waals surface area contributed by atoms with E-state index < -0.39 is 10.4 Å². The summed E-state index contributed by atoms with van der Waals surface area (Å²) in [6, 6.07) is 0. The summed E-state index contributed by atoms with van der Waals surface area (Å²) in [7, 11) is -5.17. The molecule has 0 saturated heterocycles. The molecule has 0 spiro atoms. The molecule has 0 bridgehead atoms. The maximum atomic E-state index is 8.52. The number of hydrogen-bond acceptors (Lipinski definition) is 4. The predicted octanol–water partition coefficient (Wildman–Crippen LogP) is -2.25. The fraction of sp³-hybridized carbons (Fsp3) is 0. The third-order valence-electron chi connectivity index (χ3n) is 0. The Kier molecular flexibility index (Phi) is 4.55. The zero-order valence-electron chi connectivity index (χ0n) is 2.75. The topological polar surface area (TPSA) is 80.3 Å². The molecule has 0 aliphatic heterocycles. The van der Waals surface area contributed by atoms with E-state index in [4.69, 9.17) is 17.5 Å². The zero-order valence-corrected chi connectivity index (χ0v) is 7.60. The Morgan fingerprint density at radius 1 is 1.17 bits per heavy atom. The van der Waals surface area contributed by atoms with Gasteiger partial charge in [-0.3, -0.25) is 8.42 Å². The molecule has 0 fully saturated rings. The van der Waals surface area contributed by atoms with Crippen molar-refractivity contribution < 1.29 is 17.5 Å². The molecule has 4 nitrogen and oxygen atoms in total. The van der Waals surface area contributed by atoms with Gasteiger partial charge in [0.25, 0.3) is 0 Å². The van der Waals surface area contributed by atoms with Crippen LogP contribution in [0.2, 0.25) is 0 Å². The number of rotatable bonds is 0. The molecule has 0 aromatic heterocycles. The van der Waals surface area contributed by atoms with E-state index in [0.717, 1.165) is 0 Å². The van der Waals surface area contributed by atoms with E-state index in [9.17, 15) is 0 Å². The molecular weight excluding hydrogens is 215 g/mol. The van der Waals surface area contributed by atoms with Crippen LogP contribution in [0.5, 0.6) is 0 Å². The maximum absolute atomic E-state index is 8.52. The summed E-state index contributed by atoms with van der Waals surface area (Å²) in [6.45, 7) is 0. The van der Waals surface area contributed by atoms with Crippen molar-refractivity contribution in [3.63, 3.8) is 0 Å². The molecule has 0 N–H and O–H groups in total. The molecule has 0 radical (unpaired) electrons. The molecule has 0 atom stereocenters. The van der Waals surface area contributed by atoms with E-state index in [0.29, 0.717) is 0 Å². The number of hydrogen-bond donors (Lipinski definition) is 0. The van der Waals surface area contributed by atoms with E-state index in [-0.39, 0.29) is 23.9 Å². The summed E-state index contributed by atoms with van der Waals surface area (Å²) in [6.07, 6.45) is 0. The minimum absolute atomic E-state index is 0. The van der Waals surface area contributed by atoms with Crippen LogP contribution in [0.15, 0.2) is 0 Å². The van der Waals surface area contributed by atoms with Gasteiger partial charge in [0.15, 0.2) is 0 Å². The van der Waals surface area contributed by atoms with Gasteiger partial charge in [0.2, 0.25) is 0 Å². The van der Waals surface area contributed by atoms with Crippen molar-refractivity contribution in [2.75, 3.05) is 0 Å². The van der Waals surface area contributed by atoms with Gasteiger partial charge in [-0.2, -0.15) is 0 Å². The Labute approximate surface area is 52.1 Å². The first-order valence-electron chi connectivity index (χ1n) is 0.667. The Hall–Kier alpha value is 0.669. The van der Waals surface area contributed by atoms with Crippen LogP contribution in [0.3, 0.4) is 0 Å². The second kappa shape index (κ2) is 2.78. The summed E-state index contributed by atoms with van der Waals surface area (Å²) in [5.74, 6) is 0. The summed E-state index contributed by atoms with van der Waals surface area (Å²) < 4.78 is 34.1. The van der Waals surface area contributed by atoms with Gasteiger partial charge >= 0.3 is 23.9 Å². The summed E-state index contributed by atoms with van der Waals surface area (Å²) in [5.41, 5.74) is 0. The van der Waals surface area contributed by atoms with Gasteiger partial charge < -0.3 is 9.11 Å². The van der Waals surface area contributed by atoms with Crippen LogP contribution in [0.25, 0.3) is 0 Å². The van der Waals surface area contributed by atoms with Crippen LogP contribution in [0.4, 0.5) is 0 Å². The van der Waals surface area contributed by atoms with Crippen molar-refractivity contribution in [1.82, 2.24) is 0 Å². The Morgan fingerprint density at radius 2 is 1.17 bits per heavy atom. The average molecular weight is 217 g/mol. The van der Waals surface area contributed by atoms with Crippen LogP contribution in [-0.2, 0) is 10.4 Å². The van der Waals surface area contributed by atoms with Gasteiger partial charge in [0.1, 0.15) is 0 Å². The Bertz CT molecular complexity index is 90.7. The second-order valence-corrected chi connectivity index (χ2v) is 1.22. The first-order chi connectivity index (χ1) is 2.00. The van der Waals surface area contributed by atoms with Gasteiger partial charge in [0.05, 0.1) is 0 Å². The molecule has 6 heavy (non-hydrogen) atoms. The summed E-state index contributed by atoms with van der Waals surface area (Å²) in [4.78, 5) is 0. The van der Waals surface area contributed by atoms with Crippen molar-refractivity contribution in [2.45, 2.75) is 0 Å². The van der Waals surface area contributed by atoms with Crippen molar-refractivity contribution in [2.24, 2.45) is 0 Å². The molecule has 6 heteroatoms. The van der Waals surface area contributed by atoms with E-state index >= 15 is 0 Å². The van der Waals surface area contributed by atoms with Crippen molar-refractivity contribution in [3.05, 3.63) is 0 Å². The van der Waals surface area contributed by atoms with Crippen LogP contribution in [0.1, 0.15) is 0 Å². The van der Waals surface area contributed by atoms with Crippen molar-refractivity contribution in [3.8, 4) is 0 Å². The molecule has 0 amide bonds. The summed E-state index contributed by atoms with van der Waals surface area (Å²) >= 11 is 0. The zero-order chi connectivity index (χ0) is 4.50. The molecule has 36 valence electrons. The van der Waals surface area contributed by atoms with E-state index in [1.807, 2.05) is 0 Å². The second-order valence-electron chi connectivity index (χ2n) is 0.408. The fourth-order valence-corrected chi connectivity index (χ4v) is 0. The van der Waals surface area contributed by atoms with Crippen LogP contribution in [0, 0.1) is 0 Å². The van der Waals surface area contributed by atoms with Crippen molar-refractivity contribution >= 4 is 34.3 Å². The molecule has 0 saturated carbocycles. The first-order valence-corrected chi connectivity index (χ1v) is 2.00. The quantitative estimate of drug-likeness (QED) is 0.260. The standard InChI is InChI=1S/H2O4S.Sn.2H/c1-5(2,3)4;;;/h(H2,1,2,3,4);;;/q;+2;;/p-2. The molecule has 0 aromatic carbocycles. The average Bonchev–Trinajstić information content (AvgIpc) is 0.722. The van der Waals surface area contributed by atoms with Crippen LogP contribution in [-0.4, -0.2) is 41.4 Å². The van der Waals surface area contributed by atoms with E-state index in [2.05, 4.69) is 0 Å². The van der Waals surface area contributed by atoms with Crippen LogP contribution >= 0.6 is 0 Å². The van der Waals surface area contributed by atoms with E-state index in [1.54, 1.807) is 0 Å². The molecular formula is H2O4SSn. The van der Waals surface area contributed by atoms with Gasteiger partial charge in [-0.05, 0) is 0 Å². The molecule has 0 heterocycles. The predicted molar refractivity (Wildman–Crippen MR) is 19.0 cm³/mol. The minimum atomic E-state index is -5.17. The van der Waals surface area contributed by atoms with Crippen molar-refractivity contribution in [1.29, 1.82) is 0 Å². The summed E-state index contributed by atoms with van der Waals surface area (Å²) in [5, 5.41) is 0. The molecule has 0 unspecified atom stereocenters. The molecule has 0 aromatic rings. The molecule has 0 aliphatic carbocycles. The molecule has 0 aliphatic rings. The SMILES string of the molecule is O=S(=O)([O-])[O-].[SnH2+2]. The third kappa shape index (κ3) is 141. The van der Waals surface area contributed by atoms with Gasteiger partial charge in [-0.25, -0.2) is 0 Å². The fourth-order valence-electron chi connectivity index (χ4n) is 0. The van der Waals surface area contributed by atoms with Gasteiger partial charge in [0, 0.05) is 10.4 Å². The Balaban J connectivity index is 0. The van der Waals surface area contributed by atoms with Gasteiger partial charge in [-0.15, -0.1) is 0 Å². The van der Waals surface area contributed by atoms with Crippen LogP contribution < -0.4 is 0 Å².